The van der Waals surface area contributed by atoms with Gasteiger partial charge in [-0.3, -0.25) is 0 Å². The molecule has 2 aromatic heterocycles. The third kappa shape index (κ3) is 4.08. The topological polar surface area (TPSA) is 41.6 Å². The van der Waals surface area contributed by atoms with E-state index in [0.717, 1.165) is 23.9 Å². The number of hydrogen-bond acceptors (Lipinski definition) is 2. The Labute approximate surface area is 147 Å². The Morgan fingerprint density at radius 3 is 2.50 bits per heavy atom. The summed E-state index contributed by atoms with van der Waals surface area (Å²) in [5, 5.41) is 11.9. The van der Waals surface area contributed by atoms with Crippen molar-refractivity contribution in [2.75, 3.05) is 0 Å². The van der Waals surface area contributed by atoms with Crippen LogP contribution in [0.25, 0.3) is 11.0 Å². The molecule has 1 N–H and O–H groups in total. The molecule has 0 amide bonds. The van der Waals surface area contributed by atoms with Crippen molar-refractivity contribution < 1.29 is 0 Å². The summed E-state index contributed by atoms with van der Waals surface area (Å²) in [6.07, 6.45) is 8.98. The van der Waals surface area contributed by atoms with Crippen molar-refractivity contribution in [3.05, 3.63) is 17.3 Å². The zero-order valence-corrected chi connectivity index (χ0v) is 17.1. The summed E-state index contributed by atoms with van der Waals surface area (Å²) in [7, 11) is -1.37. The van der Waals surface area contributed by atoms with Crippen LogP contribution in [0, 0.1) is 5.92 Å². The molecule has 0 aromatic carbocycles. The molecule has 0 bridgehead atoms. The highest BCUT2D eigenvalue weighted by Gasteiger charge is 2.34. The van der Waals surface area contributed by atoms with Gasteiger partial charge in [0.25, 0.3) is 0 Å². The lowest BCUT2D eigenvalue weighted by Crippen LogP contribution is -2.40. The Balaban J connectivity index is 1.76. The van der Waals surface area contributed by atoms with Gasteiger partial charge in [-0.15, -0.1) is 5.10 Å². The summed E-state index contributed by atoms with van der Waals surface area (Å²) < 4.78 is 0. The quantitative estimate of drug-likeness (QED) is 0.532. The second kappa shape index (κ2) is 6.99. The van der Waals surface area contributed by atoms with Crippen molar-refractivity contribution >= 4 is 24.4 Å². The minimum Gasteiger partial charge on any atom is -0.345 e. The fraction of sp³-hybridized carbons (Fsp3) is 0.700. The molecule has 1 aliphatic carbocycles. The highest BCUT2D eigenvalue weighted by atomic mass is 28.3. The fourth-order valence-corrected chi connectivity index (χ4v) is 5.24. The van der Waals surface area contributed by atoms with Gasteiger partial charge < -0.3 is 4.98 Å². The molecule has 4 heteroatoms. The van der Waals surface area contributed by atoms with Gasteiger partial charge in [-0.1, -0.05) is 52.8 Å². The van der Waals surface area contributed by atoms with E-state index in [1.807, 2.05) is 0 Å². The molecule has 0 aliphatic heterocycles. The molecular weight excluding hydrogens is 310 g/mol. The first-order valence-electron chi connectivity index (χ1n) is 9.75. The predicted octanol–water partition coefficient (Wildman–Crippen LogP) is 5.14. The molecule has 3 nitrogen and oxygen atoms in total. The molecule has 2 heterocycles. The van der Waals surface area contributed by atoms with Crippen molar-refractivity contribution in [3.63, 3.8) is 0 Å². The Morgan fingerprint density at radius 1 is 1.12 bits per heavy atom. The van der Waals surface area contributed by atoms with E-state index in [2.05, 4.69) is 54.7 Å². The van der Waals surface area contributed by atoms with Gasteiger partial charge >= 0.3 is 0 Å². The maximum atomic E-state index is 4.53. The average molecular weight is 344 g/mol. The van der Waals surface area contributed by atoms with E-state index in [1.54, 1.807) is 5.56 Å². The van der Waals surface area contributed by atoms with E-state index in [4.69, 9.17) is 0 Å². The minimum absolute atomic E-state index is 0.767. The SMILES string of the molecule is CC(C)CCCCCc1cc2c(C3CC3)c([Si](C)(C)C)[nH]c2nn1. The summed E-state index contributed by atoms with van der Waals surface area (Å²) in [5.74, 6) is 1.59. The van der Waals surface area contributed by atoms with Gasteiger partial charge in [-0.2, -0.15) is 5.10 Å². The molecule has 1 fully saturated rings. The van der Waals surface area contributed by atoms with Crippen LogP contribution in [0.4, 0.5) is 0 Å². The molecule has 2 aromatic rings. The number of H-pyrrole nitrogens is 1. The zero-order chi connectivity index (χ0) is 17.3. The lowest BCUT2D eigenvalue weighted by atomic mass is 10.0. The van der Waals surface area contributed by atoms with Gasteiger partial charge in [0, 0.05) is 10.7 Å². The van der Waals surface area contributed by atoms with Crippen LogP contribution in [-0.2, 0) is 6.42 Å². The Bertz CT molecular complexity index is 693. The van der Waals surface area contributed by atoms with Crippen molar-refractivity contribution in [1.29, 1.82) is 0 Å². The standard InChI is InChI=1S/C20H33N3Si/c1-14(2)9-7-6-8-10-16-13-17-18(15-11-12-15)20(24(3,4)5)21-19(17)23-22-16/h13-15H,6-12H2,1-5H3,(H,21,23). The predicted molar refractivity (Wildman–Crippen MR) is 106 cm³/mol. The summed E-state index contributed by atoms with van der Waals surface area (Å²) in [5.41, 5.74) is 3.77. The number of rotatable bonds is 8. The number of fused-ring (bicyclic) bond motifs is 1. The van der Waals surface area contributed by atoms with Gasteiger partial charge in [-0.25, -0.2) is 0 Å². The summed E-state index contributed by atoms with van der Waals surface area (Å²) >= 11 is 0. The van der Waals surface area contributed by atoms with Crippen LogP contribution in [0.2, 0.25) is 19.6 Å². The van der Waals surface area contributed by atoms with Gasteiger partial charge in [0.1, 0.15) is 0 Å². The number of aromatic amines is 1. The number of hydrogen-bond donors (Lipinski definition) is 1. The fourth-order valence-electron chi connectivity index (χ4n) is 3.60. The van der Waals surface area contributed by atoms with Crippen LogP contribution in [0.1, 0.15) is 69.5 Å². The summed E-state index contributed by atoms with van der Waals surface area (Å²) in [6.45, 7) is 11.9. The first-order chi connectivity index (χ1) is 11.4. The van der Waals surface area contributed by atoms with Crippen LogP contribution < -0.4 is 5.32 Å². The van der Waals surface area contributed by atoms with Crippen LogP contribution in [0.15, 0.2) is 6.07 Å². The second-order valence-electron chi connectivity index (χ2n) is 9.03. The molecule has 1 aliphatic rings. The lowest BCUT2D eigenvalue weighted by molar-refractivity contribution is 0.526. The molecule has 3 rings (SSSR count). The third-order valence-corrected chi connectivity index (χ3v) is 6.99. The molecule has 132 valence electrons. The van der Waals surface area contributed by atoms with Crippen LogP contribution in [0.3, 0.4) is 0 Å². The van der Waals surface area contributed by atoms with Crippen LogP contribution >= 0.6 is 0 Å². The Kier molecular flexibility index (Phi) is 5.14. The largest absolute Gasteiger partial charge is 0.345 e. The monoisotopic (exact) mass is 343 g/mol. The Hall–Kier alpha value is -1.16. The Morgan fingerprint density at radius 2 is 1.88 bits per heavy atom. The van der Waals surface area contributed by atoms with Crippen LogP contribution in [0.5, 0.6) is 0 Å². The first-order valence-corrected chi connectivity index (χ1v) is 13.2. The molecular formula is C20H33N3Si. The molecule has 0 saturated heterocycles. The zero-order valence-electron chi connectivity index (χ0n) is 16.1. The highest BCUT2D eigenvalue weighted by molar-refractivity contribution is 6.88. The van der Waals surface area contributed by atoms with Gasteiger partial charge in [0.15, 0.2) is 5.65 Å². The van der Waals surface area contributed by atoms with E-state index in [9.17, 15) is 0 Å². The van der Waals surface area contributed by atoms with Gasteiger partial charge in [0.05, 0.1) is 13.8 Å². The third-order valence-electron chi connectivity index (χ3n) is 5.10. The maximum Gasteiger partial charge on any atom is 0.160 e. The van der Waals surface area contributed by atoms with Crippen molar-refractivity contribution in [3.8, 4) is 0 Å². The van der Waals surface area contributed by atoms with E-state index < -0.39 is 8.07 Å². The normalized spacial score (nSPS) is 15.6. The first kappa shape index (κ1) is 17.7. The number of unbranched alkanes of at least 4 members (excludes halogenated alkanes) is 2. The summed E-state index contributed by atoms with van der Waals surface area (Å²) in [6, 6.07) is 2.33. The molecule has 0 radical (unpaired) electrons. The van der Waals surface area contributed by atoms with Gasteiger partial charge in [-0.05, 0) is 49.1 Å². The molecule has 0 unspecified atom stereocenters. The molecule has 0 spiro atoms. The lowest BCUT2D eigenvalue weighted by Gasteiger charge is -2.16. The second-order valence-corrected chi connectivity index (χ2v) is 14.0. The van der Waals surface area contributed by atoms with Crippen molar-refractivity contribution in [1.82, 2.24) is 15.2 Å². The maximum absolute atomic E-state index is 4.53. The van der Waals surface area contributed by atoms with E-state index in [1.165, 1.54) is 54.9 Å². The van der Waals surface area contributed by atoms with Gasteiger partial charge in [0.2, 0.25) is 0 Å². The minimum atomic E-state index is -1.37. The number of nitrogens with zero attached hydrogens (tertiary/aromatic N) is 2. The summed E-state index contributed by atoms with van der Waals surface area (Å²) in [4.78, 5) is 3.63. The van der Waals surface area contributed by atoms with Crippen LogP contribution in [-0.4, -0.2) is 23.3 Å². The van der Waals surface area contributed by atoms with Crippen molar-refractivity contribution in [2.24, 2.45) is 5.92 Å². The van der Waals surface area contributed by atoms with E-state index >= 15 is 0 Å². The molecule has 0 atom stereocenters. The highest BCUT2D eigenvalue weighted by Crippen LogP contribution is 2.43. The number of nitrogens with one attached hydrogen (secondary N) is 1. The van der Waals surface area contributed by atoms with Crippen molar-refractivity contribution in [2.45, 2.75) is 84.4 Å². The number of aryl methyl sites for hydroxylation is 1. The number of aromatic nitrogens is 3. The average Bonchev–Trinajstić information content (AvgIpc) is 3.25. The molecule has 24 heavy (non-hydrogen) atoms. The smallest absolute Gasteiger partial charge is 0.160 e. The molecule has 1 saturated carbocycles. The van der Waals surface area contributed by atoms with E-state index in [-0.39, 0.29) is 0 Å². The van der Waals surface area contributed by atoms with E-state index in [0.29, 0.717) is 0 Å².